The van der Waals surface area contributed by atoms with Crippen molar-refractivity contribution in [3.63, 3.8) is 0 Å². The predicted molar refractivity (Wildman–Crippen MR) is 118 cm³/mol. The number of oxazole rings is 1. The third kappa shape index (κ3) is 4.73. The molecule has 1 fully saturated rings. The van der Waals surface area contributed by atoms with Crippen LogP contribution in [0.4, 0.5) is 0 Å². The molecule has 1 N–H and O–H groups in total. The second kappa shape index (κ2) is 9.78. The molecule has 1 aliphatic rings. The Balaban J connectivity index is 1.42. The van der Waals surface area contributed by atoms with E-state index >= 15 is 0 Å². The number of hydrogen-bond acceptors (Lipinski definition) is 6. The summed E-state index contributed by atoms with van der Waals surface area (Å²) in [6.45, 7) is 2.43. The van der Waals surface area contributed by atoms with E-state index in [-0.39, 0.29) is 31.1 Å². The molecule has 7 nitrogen and oxygen atoms in total. The summed E-state index contributed by atoms with van der Waals surface area (Å²) in [4.78, 5) is 31.6. The number of likely N-dealkylation sites (tertiary alicyclic amines) is 1. The first-order valence-corrected chi connectivity index (χ1v) is 10.8. The molecule has 2 atom stereocenters. The van der Waals surface area contributed by atoms with E-state index in [1.807, 2.05) is 31.2 Å². The number of β-amino-alcohol motifs (C(OH)–C–C–N with tert-alkyl or cyclic N) is 1. The summed E-state index contributed by atoms with van der Waals surface area (Å²) in [5, 5.41) is 10.2. The summed E-state index contributed by atoms with van der Waals surface area (Å²) in [6, 6.07) is 14.1. The number of amides is 1. The lowest BCUT2D eigenvalue weighted by atomic mass is 10.00. The van der Waals surface area contributed by atoms with E-state index in [4.69, 9.17) is 9.15 Å². The average molecular weight is 434 g/mol. The van der Waals surface area contributed by atoms with Gasteiger partial charge >= 0.3 is 0 Å². The fourth-order valence-electron chi connectivity index (χ4n) is 4.05. The molecular formula is C25H26N2O5. The van der Waals surface area contributed by atoms with Crippen LogP contribution >= 0.6 is 0 Å². The van der Waals surface area contributed by atoms with Gasteiger partial charge in [0.1, 0.15) is 5.75 Å². The Labute approximate surface area is 186 Å². The van der Waals surface area contributed by atoms with Gasteiger partial charge in [0.25, 0.3) is 5.91 Å². The molecule has 1 saturated heterocycles. The van der Waals surface area contributed by atoms with E-state index in [2.05, 4.69) is 4.98 Å². The Kier molecular flexibility index (Phi) is 6.66. The summed E-state index contributed by atoms with van der Waals surface area (Å²) in [5.41, 5.74) is 2.34. The maximum atomic E-state index is 13.2. The summed E-state index contributed by atoms with van der Waals surface area (Å²) in [6.07, 6.45) is 3.42. The van der Waals surface area contributed by atoms with Crippen molar-refractivity contribution in [3.8, 4) is 17.1 Å². The van der Waals surface area contributed by atoms with Gasteiger partial charge in [-0.25, -0.2) is 4.98 Å². The maximum Gasteiger partial charge on any atom is 0.258 e. The molecule has 0 bridgehead atoms. The lowest BCUT2D eigenvalue weighted by Crippen LogP contribution is -2.41. The number of para-hydroxylation sites is 1. The van der Waals surface area contributed by atoms with Crippen LogP contribution in [0.25, 0.3) is 11.3 Å². The normalized spacial score (nSPS) is 18.0. The van der Waals surface area contributed by atoms with Crippen LogP contribution in [0, 0.1) is 0 Å². The van der Waals surface area contributed by atoms with Gasteiger partial charge in [0.2, 0.25) is 0 Å². The first-order valence-electron chi connectivity index (χ1n) is 10.8. The van der Waals surface area contributed by atoms with Crippen LogP contribution in [-0.2, 0) is 11.2 Å². The number of carbonyl (C=O) groups is 2. The Morgan fingerprint density at radius 2 is 1.97 bits per heavy atom. The third-order valence-corrected chi connectivity index (χ3v) is 5.66. The fraction of sp³-hybridized carbons (Fsp3) is 0.320. The number of ketones is 1. The minimum absolute atomic E-state index is 0.0527. The summed E-state index contributed by atoms with van der Waals surface area (Å²) >= 11 is 0. The number of Topliss-reactive ketones (excluding diaryl/α,β-unsaturated/α-hetero) is 1. The monoisotopic (exact) mass is 434 g/mol. The molecule has 0 spiro atoms. The van der Waals surface area contributed by atoms with E-state index in [1.165, 1.54) is 11.3 Å². The van der Waals surface area contributed by atoms with Gasteiger partial charge in [0.05, 0.1) is 30.5 Å². The Morgan fingerprint density at radius 1 is 1.19 bits per heavy atom. The highest BCUT2D eigenvalue weighted by atomic mass is 16.5. The molecule has 0 radical (unpaired) electrons. The summed E-state index contributed by atoms with van der Waals surface area (Å²) in [5.74, 6) is 0.831. The molecule has 0 aliphatic carbocycles. The number of nitrogens with zero attached hydrogens (tertiary/aromatic N) is 2. The van der Waals surface area contributed by atoms with Crippen LogP contribution in [-0.4, -0.2) is 52.0 Å². The quantitative estimate of drug-likeness (QED) is 0.583. The van der Waals surface area contributed by atoms with Crippen LogP contribution in [0.5, 0.6) is 5.75 Å². The number of hydrogen-bond donors (Lipinski definition) is 1. The van der Waals surface area contributed by atoms with Gasteiger partial charge in [-0.2, -0.15) is 0 Å². The highest BCUT2D eigenvalue weighted by Gasteiger charge is 2.39. The molecule has 4 rings (SSSR count). The Morgan fingerprint density at radius 3 is 2.69 bits per heavy atom. The Bertz CT molecular complexity index is 1060. The molecule has 166 valence electrons. The van der Waals surface area contributed by atoms with Crippen LogP contribution in [0.1, 0.15) is 35.7 Å². The lowest BCUT2D eigenvalue weighted by Gasteiger charge is -2.24. The van der Waals surface area contributed by atoms with Crippen molar-refractivity contribution in [1.82, 2.24) is 9.88 Å². The van der Waals surface area contributed by atoms with Gasteiger partial charge in [-0.15, -0.1) is 0 Å². The van der Waals surface area contributed by atoms with Crippen LogP contribution in [0.15, 0.2) is 65.5 Å². The largest absolute Gasteiger partial charge is 0.493 e. The number of aliphatic hydroxyl groups is 1. The predicted octanol–water partition coefficient (Wildman–Crippen LogP) is 3.52. The van der Waals surface area contributed by atoms with Crippen molar-refractivity contribution in [2.24, 2.45) is 0 Å². The zero-order valence-corrected chi connectivity index (χ0v) is 17.9. The van der Waals surface area contributed by atoms with Gasteiger partial charge in [-0.1, -0.05) is 36.4 Å². The number of rotatable bonds is 8. The standard InChI is InChI=1S/C25H26N2O5/c1-2-31-23-6-4-3-5-20(23)25(30)27-15-19(28)13-21(27)22(29)12-9-17-7-10-18(11-8-17)24-14-26-16-32-24/h3-8,10-11,14,16,19,21,28H,2,9,12-13,15H2,1H3/t19-,21+/m1/s1. The van der Waals surface area contributed by atoms with Crippen molar-refractivity contribution >= 4 is 11.7 Å². The minimum atomic E-state index is -0.714. The fourth-order valence-corrected chi connectivity index (χ4v) is 4.05. The summed E-state index contributed by atoms with van der Waals surface area (Å²) in [7, 11) is 0. The van der Waals surface area contributed by atoms with Gasteiger partial charge in [0, 0.05) is 24.9 Å². The lowest BCUT2D eigenvalue weighted by molar-refractivity contribution is -0.122. The van der Waals surface area contributed by atoms with E-state index in [0.29, 0.717) is 30.1 Å². The van der Waals surface area contributed by atoms with Gasteiger partial charge in [0.15, 0.2) is 17.9 Å². The van der Waals surface area contributed by atoms with Crippen molar-refractivity contribution < 1.29 is 23.8 Å². The molecule has 1 amide bonds. The minimum Gasteiger partial charge on any atom is -0.493 e. The van der Waals surface area contributed by atoms with E-state index in [9.17, 15) is 14.7 Å². The van der Waals surface area contributed by atoms with Gasteiger partial charge < -0.3 is 19.2 Å². The zero-order valence-electron chi connectivity index (χ0n) is 17.9. The first-order chi connectivity index (χ1) is 15.6. The molecule has 2 heterocycles. The van der Waals surface area contributed by atoms with Crippen molar-refractivity contribution in [2.75, 3.05) is 13.2 Å². The van der Waals surface area contributed by atoms with E-state index in [0.717, 1.165) is 11.1 Å². The number of aryl methyl sites for hydroxylation is 1. The Hall–Kier alpha value is -3.45. The second-order valence-corrected chi connectivity index (χ2v) is 7.82. The van der Waals surface area contributed by atoms with Crippen molar-refractivity contribution in [2.45, 2.75) is 38.3 Å². The molecule has 3 aromatic rings. The van der Waals surface area contributed by atoms with Crippen LogP contribution < -0.4 is 4.74 Å². The maximum absolute atomic E-state index is 13.2. The molecule has 7 heteroatoms. The highest BCUT2D eigenvalue weighted by molar-refractivity contribution is 6.00. The van der Waals surface area contributed by atoms with E-state index < -0.39 is 12.1 Å². The number of aromatic nitrogens is 1. The zero-order chi connectivity index (χ0) is 22.5. The molecule has 0 saturated carbocycles. The van der Waals surface area contributed by atoms with Crippen LogP contribution in [0.2, 0.25) is 0 Å². The summed E-state index contributed by atoms with van der Waals surface area (Å²) < 4.78 is 10.9. The first kappa shape index (κ1) is 21.8. The highest BCUT2D eigenvalue weighted by Crippen LogP contribution is 2.27. The molecule has 1 aromatic heterocycles. The second-order valence-electron chi connectivity index (χ2n) is 7.82. The molecule has 1 aliphatic heterocycles. The topological polar surface area (TPSA) is 92.9 Å². The van der Waals surface area contributed by atoms with Crippen molar-refractivity contribution in [1.29, 1.82) is 0 Å². The third-order valence-electron chi connectivity index (χ3n) is 5.66. The smallest absolute Gasteiger partial charge is 0.258 e. The van der Waals surface area contributed by atoms with Gasteiger partial charge in [-0.05, 0) is 31.0 Å². The molecular weight excluding hydrogens is 408 g/mol. The molecule has 2 aromatic carbocycles. The average Bonchev–Trinajstić information content (AvgIpc) is 3.48. The number of aliphatic hydroxyl groups excluding tert-OH is 1. The number of carbonyl (C=O) groups excluding carboxylic acids is 2. The number of benzene rings is 2. The van der Waals surface area contributed by atoms with Crippen LogP contribution in [0.3, 0.4) is 0 Å². The SMILES string of the molecule is CCOc1ccccc1C(=O)N1C[C@H](O)C[C@H]1C(=O)CCc1ccc(-c2cnco2)cc1. The molecule has 0 unspecified atom stereocenters. The van der Waals surface area contributed by atoms with Gasteiger partial charge in [-0.3, -0.25) is 9.59 Å². The van der Waals surface area contributed by atoms with Crippen molar-refractivity contribution in [3.05, 3.63) is 72.2 Å². The van der Waals surface area contributed by atoms with E-state index in [1.54, 1.807) is 30.5 Å². The molecule has 32 heavy (non-hydrogen) atoms. The number of ether oxygens (including phenoxy) is 1.